The Morgan fingerprint density at radius 1 is 1.14 bits per heavy atom. The molecule has 0 fully saturated rings. The molecule has 2 N–H and O–H groups in total. The number of oxime groups is 1. The number of nitrogens with zero attached hydrogens (tertiary/aromatic N) is 3. The topological polar surface area (TPSA) is 81.7 Å². The van der Waals surface area contributed by atoms with Crippen LogP contribution in [0.25, 0.3) is 0 Å². The highest BCUT2D eigenvalue weighted by Crippen LogP contribution is 2.35. The Labute approximate surface area is 168 Å². The van der Waals surface area contributed by atoms with Gasteiger partial charge in [-0.2, -0.15) is 5.10 Å². The standard InChI is InChI=1S/C20H22N4O3S/c1-12-8-14-9-17(25-2)18(26-3)10-16(14)19(13-4-6-15(21)7-5-13)22-24(12)20-23-27-11-28-20/h4-7,9-10,12H,8,11,21H2,1-3H3/t12-/m1/s1. The maximum absolute atomic E-state index is 5.89. The average Bonchev–Trinajstić information content (AvgIpc) is 3.19. The molecule has 0 bridgehead atoms. The third-order valence-corrected chi connectivity index (χ3v) is 5.51. The van der Waals surface area contributed by atoms with Crippen LogP contribution < -0.4 is 15.2 Å². The first kappa shape index (κ1) is 18.5. The molecule has 2 heterocycles. The molecule has 2 aliphatic heterocycles. The monoisotopic (exact) mass is 398 g/mol. The number of hydrogen-bond acceptors (Lipinski definition) is 8. The van der Waals surface area contributed by atoms with E-state index in [1.54, 1.807) is 14.2 Å². The molecular formula is C20H22N4O3S. The van der Waals surface area contributed by atoms with Crippen molar-refractivity contribution in [2.45, 2.75) is 19.4 Å². The number of amidine groups is 1. The van der Waals surface area contributed by atoms with Crippen LogP contribution in [0.5, 0.6) is 11.5 Å². The van der Waals surface area contributed by atoms with Gasteiger partial charge in [-0.15, -0.1) is 0 Å². The zero-order valence-corrected chi connectivity index (χ0v) is 16.8. The second-order valence-electron chi connectivity index (χ2n) is 6.60. The number of methoxy groups -OCH3 is 2. The lowest BCUT2D eigenvalue weighted by atomic mass is 9.94. The number of benzene rings is 2. The molecule has 146 valence electrons. The molecule has 1 atom stereocenters. The van der Waals surface area contributed by atoms with Crippen molar-refractivity contribution >= 4 is 28.3 Å². The summed E-state index contributed by atoms with van der Waals surface area (Å²) >= 11 is 1.53. The summed E-state index contributed by atoms with van der Waals surface area (Å²) in [6, 6.07) is 11.8. The van der Waals surface area contributed by atoms with Gasteiger partial charge in [0.05, 0.1) is 26.0 Å². The van der Waals surface area contributed by atoms with E-state index in [1.165, 1.54) is 11.8 Å². The van der Waals surface area contributed by atoms with Crippen molar-refractivity contribution in [3.8, 4) is 11.5 Å². The van der Waals surface area contributed by atoms with Gasteiger partial charge in [0.15, 0.2) is 17.4 Å². The van der Waals surface area contributed by atoms with Gasteiger partial charge >= 0.3 is 0 Å². The molecule has 7 nitrogen and oxygen atoms in total. The minimum Gasteiger partial charge on any atom is -0.493 e. The lowest BCUT2D eigenvalue weighted by Crippen LogP contribution is -2.33. The first-order chi connectivity index (χ1) is 13.6. The zero-order chi connectivity index (χ0) is 19.7. The summed E-state index contributed by atoms with van der Waals surface area (Å²) in [5.74, 6) is 1.87. The summed E-state index contributed by atoms with van der Waals surface area (Å²) in [5.41, 5.74) is 10.5. The van der Waals surface area contributed by atoms with Gasteiger partial charge in [-0.05, 0) is 54.9 Å². The summed E-state index contributed by atoms with van der Waals surface area (Å²) in [6.07, 6.45) is 0.775. The van der Waals surface area contributed by atoms with Crippen LogP contribution in [-0.2, 0) is 11.3 Å². The third kappa shape index (κ3) is 3.35. The average molecular weight is 398 g/mol. The fraction of sp³-hybridized carbons (Fsp3) is 0.300. The Morgan fingerprint density at radius 2 is 1.86 bits per heavy atom. The van der Waals surface area contributed by atoms with Gasteiger partial charge in [0.1, 0.15) is 0 Å². The fourth-order valence-corrected chi connectivity index (χ4v) is 4.03. The number of nitrogen functional groups attached to an aromatic ring is 1. The molecule has 0 saturated heterocycles. The van der Waals surface area contributed by atoms with Crippen LogP contribution in [0.15, 0.2) is 46.7 Å². The van der Waals surface area contributed by atoms with E-state index < -0.39 is 0 Å². The predicted molar refractivity (Wildman–Crippen MR) is 112 cm³/mol. The minimum absolute atomic E-state index is 0.0936. The minimum atomic E-state index is 0.0936. The molecule has 0 saturated carbocycles. The Balaban J connectivity index is 1.91. The van der Waals surface area contributed by atoms with E-state index in [2.05, 4.69) is 12.1 Å². The van der Waals surface area contributed by atoms with E-state index in [0.29, 0.717) is 23.1 Å². The first-order valence-corrected chi connectivity index (χ1v) is 9.91. The number of nitrogens with two attached hydrogens (primary N) is 1. The number of ether oxygens (including phenoxy) is 2. The Kier molecular flexibility index (Phi) is 5.04. The maximum atomic E-state index is 5.89. The van der Waals surface area contributed by atoms with Gasteiger partial charge in [-0.25, -0.2) is 5.01 Å². The van der Waals surface area contributed by atoms with Gasteiger partial charge in [-0.1, -0.05) is 17.3 Å². The molecule has 0 unspecified atom stereocenters. The van der Waals surface area contributed by atoms with Crippen LogP contribution >= 0.6 is 11.8 Å². The molecule has 0 radical (unpaired) electrons. The van der Waals surface area contributed by atoms with Gasteiger partial charge in [0, 0.05) is 16.8 Å². The smallest absolute Gasteiger partial charge is 0.226 e. The predicted octanol–water partition coefficient (Wildman–Crippen LogP) is 3.28. The molecule has 28 heavy (non-hydrogen) atoms. The van der Waals surface area contributed by atoms with E-state index in [4.69, 9.17) is 25.1 Å². The van der Waals surface area contributed by atoms with Crippen molar-refractivity contribution < 1.29 is 14.3 Å². The summed E-state index contributed by atoms with van der Waals surface area (Å²) in [7, 11) is 3.28. The summed E-state index contributed by atoms with van der Waals surface area (Å²) in [6.45, 7) is 2.12. The SMILES string of the molecule is COc1cc2c(cc1OC)C(c1ccc(N)cc1)=NN(C1=NOCS1)[C@H](C)C2. The molecule has 2 aromatic rings. The van der Waals surface area contributed by atoms with Gasteiger partial charge in [-0.3, -0.25) is 0 Å². The van der Waals surface area contributed by atoms with Crippen molar-refractivity contribution in [2.75, 3.05) is 25.9 Å². The second-order valence-corrected chi connectivity index (χ2v) is 7.49. The van der Waals surface area contributed by atoms with Crippen molar-refractivity contribution in [3.05, 3.63) is 53.1 Å². The second kappa shape index (κ2) is 7.63. The molecule has 0 spiro atoms. The normalized spacial score (nSPS) is 18.5. The lowest BCUT2D eigenvalue weighted by molar-refractivity contribution is 0.198. The fourth-order valence-electron chi connectivity index (χ4n) is 3.36. The highest BCUT2D eigenvalue weighted by atomic mass is 32.2. The quantitative estimate of drug-likeness (QED) is 0.799. The summed E-state index contributed by atoms with van der Waals surface area (Å²) in [5, 5.41) is 11.8. The molecule has 2 aliphatic rings. The van der Waals surface area contributed by atoms with Crippen LogP contribution in [0.4, 0.5) is 5.69 Å². The van der Waals surface area contributed by atoms with Crippen molar-refractivity contribution in [3.63, 3.8) is 0 Å². The molecule has 8 heteroatoms. The Bertz CT molecular complexity index is 943. The van der Waals surface area contributed by atoms with Crippen molar-refractivity contribution in [1.29, 1.82) is 0 Å². The number of hydrogen-bond donors (Lipinski definition) is 1. The van der Waals surface area contributed by atoms with Crippen molar-refractivity contribution in [1.82, 2.24) is 5.01 Å². The van der Waals surface area contributed by atoms with Crippen molar-refractivity contribution in [2.24, 2.45) is 10.3 Å². The van der Waals surface area contributed by atoms with Crippen LogP contribution in [0.2, 0.25) is 0 Å². The third-order valence-electron chi connectivity index (χ3n) is 4.77. The number of rotatable bonds is 3. The Morgan fingerprint density at radius 3 is 2.50 bits per heavy atom. The number of thioether (sulfide) groups is 1. The van der Waals surface area contributed by atoms with Crippen LogP contribution in [0, 0.1) is 0 Å². The Hall–Kier alpha value is -2.87. The number of hydrazone groups is 1. The zero-order valence-electron chi connectivity index (χ0n) is 16.0. The van der Waals surface area contributed by atoms with Crippen LogP contribution in [-0.4, -0.2) is 42.1 Å². The maximum Gasteiger partial charge on any atom is 0.226 e. The highest BCUT2D eigenvalue weighted by Gasteiger charge is 2.29. The van der Waals surface area contributed by atoms with E-state index in [0.717, 1.165) is 34.0 Å². The van der Waals surface area contributed by atoms with Gasteiger partial charge in [0.2, 0.25) is 5.17 Å². The van der Waals surface area contributed by atoms with E-state index in [-0.39, 0.29) is 6.04 Å². The van der Waals surface area contributed by atoms with Gasteiger partial charge < -0.3 is 20.0 Å². The van der Waals surface area contributed by atoms with Gasteiger partial charge in [0.25, 0.3) is 0 Å². The first-order valence-electron chi connectivity index (χ1n) is 8.92. The van der Waals surface area contributed by atoms with E-state index in [9.17, 15) is 0 Å². The van der Waals surface area contributed by atoms with E-state index >= 15 is 0 Å². The largest absolute Gasteiger partial charge is 0.493 e. The molecule has 0 aromatic heterocycles. The molecule has 4 rings (SSSR count). The van der Waals surface area contributed by atoms with Crippen LogP contribution in [0.3, 0.4) is 0 Å². The summed E-state index contributed by atoms with van der Waals surface area (Å²) < 4.78 is 11.1. The lowest BCUT2D eigenvalue weighted by Gasteiger charge is -2.23. The van der Waals surface area contributed by atoms with Crippen LogP contribution in [0.1, 0.15) is 23.6 Å². The molecular weight excluding hydrogens is 376 g/mol. The highest BCUT2D eigenvalue weighted by molar-refractivity contribution is 8.13. The van der Waals surface area contributed by atoms with E-state index in [1.807, 2.05) is 41.4 Å². The molecule has 0 amide bonds. The molecule has 0 aliphatic carbocycles. The number of anilines is 1. The number of fused-ring (bicyclic) bond motifs is 1. The summed E-state index contributed by atoms with van der Waals surface area (Å²) in [4.78, 5) is 5.19. The molecule has 2 aromatic carbocycles.